The van der Waals surface area contributed by atoms with Crippen LogP contribution in [0, 0.1) is 23.1 Å². The van der Waals surface area contributed by atoms with Gasteiger partial charge in [0.15, 0.2) is 0 Å². The molecule has 0 aliphatic rings. The van der Waals surface area contributed by atoms with E-state index >= 15 is 0 Å². The smallest absolute Gasteiger partial charge is 0.126 e. The molecule has 1 aromatic carbocycles. The molecule has 4 heteroatoms. The summed E-state index contributed by atoms with van der Waals surface area (Å²) < 4.78 is 18.7. The first-order valence-electron chi connectivity index (χ1n) is 6.11. The molecule has 1 unspecified atom stereocenters. The zero-order chi connectivity index (χ0) is 13.5. The highest BCUT2D eigenvalue weighted by molar-refractivity contribution is 5.50. The van der Waals surface area contributed by atoms with Gasteiger partial charge in [0.2, 0.25) is 0 Å². The minimum atomic E-state index is -0.407. The van der Waals surface area contributed by atoms with Crippen LogP contribution in [-0.4, -0.2) is 19.3 Å². The van der Waals surface area contributed by atoms with Gasteiger partial charge in [0.05, 0.1) is 24.3 Å². The highest BCUT2D eigenvalue weighted by atomic mass is 19.1. The van der Waals surface area contributed by atoms with Crippen molar-refractivity contribution in [2.45, 2.75) is 26.8 Å². The zero-order valence-electron chi connectivity index (χ0n) is 11.0. The topological polar surface area (TPSA) is 45.0 Å². The molecule has 0 saturated carbocycles. The van der Waals surface area contributed by atoms with Crippen molar-refractivity contribution in [3.05, 3.63) is 29.6 Å². The van der Waals surface area contributed by atoms with Gasteiger partial charge in [-0.15, -0.1) is 0 Å². The molecule has 0 fully saturated rings. The van der Waals surface area contributed by atoms with Gasteiger partial charge in [0, 0.05) is 12.3 Å². The highest BCUT2D eigenvalue weighted by Crippen LogP contribution is 2.17. The minimum Gasteiger partial charge on any atom is -0.380 e. The summed E-state index contributed by atoms with van der Waals surface area (Å²) >= 11 is 0. The van der Waals surface area contributed by atoms with Crippen LogP contribution in [0.25, 0.3) is 0 Å². The van der Waals surface area contributed by atoms with E-state index in [9.17, 15) is 4.39 Å². The molecule has 1 atom stereocenters. The summed E-state index contributed by atoms with van der Waals surface area (Å²) in [5, 5.41) is 12.0. The van der Waals surface area contributed by atoms with Crippen LogP contribution in [-0.2, 0) is 4.74 Å². The number of ether oxygens (including phenoxy) is 1. The number of nitriles is 1. The summed E-state index contributed by atoms with van der Waals surface area (Å²) in [6, 6.07) is 6.29. The normalized spacial score (nSPS) is 12.2. The Kier molecular flexibility index (Phi) is 5.60. The average molecular weight is 250 g/mol. The predicted molar refractivity (Wildman–Crippen MR) is 69.9 cm³/mol. The first-order chi connectivity index (χ1) is 8.56. The van der Waals surface area contributed by atoms with Crippen molar-refractivity contribution < 1.29 is 9.13 Å². The van der Waals surface area contributed by atoms with Crippen LogP contribution in [0.2, 0.25) is 0 Å². The molecule has 0 aromatic heterocycles. The third-order valence-corrected chi connectivity index (χ3v) is 2.69. The summed E-state index contributed by atoms with van der Waals surface area (Å²) in [5.74, 6) is -0.0548. The summed E-state index contributed by atoms with van der Waals surface area (Å²) in [6.45, 7) is 7.29. The largest absolute Gasteiger partial charge is 0.380 e. The van der Waals surface area contributed by atoms with E-state index in [1.54, 1.807) is 6.07 Å². The lowest BCUT2D eigenvalue weighted by Crippen LogP contribution is -2.31. The molecule has 0 amide bonds. The van der Waals surface area contributed by atoms with Gasteiger partial charge in [0.1, 0.15) is 5.82 Å². The van der Waals surface area contributed by atoms with E-state index in [1.165, 1.54) is 12.1 Å². The quantitative estimate of drug-likeness (QED) is 0.843. The second-order valence-corrected chi connectivity index (χ2v) is 4.49. The fourth-order valence-electron chi connectivity index (χ4n) is 1.60. The van der Waals surface area contributed by atoms with Crippen molar-refractivity contribution in [1.82, 2.24) is 0 Å². The molecule has 0 aliphatic heterocycles. The molecule has 3 nitrogen and oxygen atoms in total. The Morgan fingerprint density at radius 1 is 1.39 bits per heavy atom. The van der Waals surface area contributed by atoms with Gasteiger partial charge in [0.25, 0.3) is 0 Å². The lowest BCUT2D eigenvalue weighted by Gasteiger charge is -2.23. The monoisotopic (exact) mass is 250 g/mol. The van der Waals surface area contributed by atoms with E-state index < -0.39 is 5.82 Å². The molecule has 0 bridgehead atoms. The van der Waals surface area contributed by atoms with Crippen LogP contribution in [0.1, 0.15) is 26.3 Å². The molecular formula is C14H19FN2O. The molecule has 0 saturated heterocycles. The van der Waals surface area contributed by atoms with Crippen LogP contribution in [0.15, 0.2) is 18.2 Å². The molecule has 0 aliphatic carbocycles. The van der Waals surface area contributed by atoms with Crippen molar-refractivity contribution in [2.24, 2.45) is 5.92 Å². The molecule has 1 N–H and O–H groups in total. The fourth-order valence-corrected chi connectivity index (χ4v) is 1.60. The standard InChI is InChI=1S/C14H19FN2O/c1-4-18-9-14(10(2)3)17-13-6-11(8-16)5-12(15)7-13/h5-7,10,14,17H,4,9H2,1-3H3. The lowest BCUT2D eigenvalue weighted by atomic mass is 10.0. The Bertz CT molecular complexity index is 426. The Morgan fingerprint density at radius 2 is 2.11 bits per heavy atom. The first kappa shape index (κ1) is 14.5. The molecule has 1 aromatic rings. The molecule has 18 heavy (non-hydrogen) atoms. The van der Waals surface area contributed by atoms with Crippen molar-refractivity contribution in [3.8, 4) is 6.07 Å². The predicted octanol–water partition coefficient (Wildman–Crippen LogP) is 3.17. The maximum Gasteiger partial charge on any atom is 0.126 e. The van der Waals surface area contributed by atoms with E-state index in [-0.39, 0.29) is 6.04 Å². The molecule has 1 rings (SSSR count). The zero-order valence-corrected chi connectivity index (χ0v) is 11.0. The number of hydrogen-bond acceptors (Lipinski definition) is 3. The van der Waals surface area contributed by atoms with E-state index in [4.69, 9.17) is 10.00 Å². The average Bonchev–Trinajstić information content (AvgIpc) is 2.33. The van der Waals surface area contributed by atoms with Crippen molar-refractivity contribution >= 4 is 5.69 Å². The van der Waals surface area contributed by atoms with Gasteiger partial charge in [-0.05, 0) is 31.0 Å². The second kappa shape index (κ2) is 6.97. The third kappa shape index (κ3) is 4.34. The first-order valence-corrected chi connectivity index (χ1v) is 6.11. The van der Waals surface area contributed by atoms with Gasteiger partial charge in [-0.3, -0.25) is 0 Å². The van der Waals surface area contributed by atoms with E-state index in [2.05, 4.69) is 19.2 Å². The maximum atomic E-state index is 13.3. The fraction of sp³-hybridized carbons (Fsp3) is 0.500. The highest BCUT2D eigenvalue weighted by Gasteiger charge is 2.14. The van der Waals surface area contributed by atoms with Gasteiger partial charge < -0.3 is 10.1 Å². The number of halogens is 1. The molecule has 98 valence electrons. The maximum absolute atomic E-state index is 13.3. The number of rotatable bonds is 6. The third-order valence-electron chi connectivity index (χ3n) is 2.69. The Labute approximate surface area is 108 Å². The Balaban J connectivity index is 2.80. The van der Waals surface area contributed by atoms with E-state index in [1.807, 2.05) is 13.0 Å². The minimum absolute atomic E-state index is 0.0956. The number of benzene rings is 1. The Hall–Kier alpha value is -1.60. The van der Waals surface area contributed by atoms with Crippen molar-refractivity contribution in [3.63, 3.8) is 0 Å². The van der Waals surface area contributed by atoms with Crippen LogP contribution in [0.5, 0.6) is 0 Å². The number of nitrogens with zero attached hydrogens (tertiary/aromatic N) is 1. The van der Waals surface area contributed by atoms with Crippen molar-refractivity contribution in [1.29, 1.82) is 5.26 Å². The summed E-state index contributed by atoms with van der Waals surface area (Å²) in [7, 11) is 0. The van der Waals surface area contributed by atoms with Gasteiger partial charge in [-0.2, -0.15) is 5.26 Å². The van der Waals surface area contributed by atoms with E-state index in [0.717, 1.165) is 0 Å². The molecular weight excluding hydrogens is 231 g/mol. The number of nitrogens with one attached hydrogen (secondary N) is 1. The van der Waals surface area contributed by atoms with Crippen LogP contribution in [0.4, 0.5) is 10.1 Å². The van der Waals surface area contributed by atoms with Gasteiger partial charge >= 0.3 is 0 Å². The molecule has 0 spiro atoms. The van der Waals surface area contributed by atoms with Gasteiger partial charge in [-0.25, -0.2) is 4.39 Å². The summed E-state index contributed by atoms with van der Waals surface area (Å²) in [5.41, 5.74) is 0.932. The number of anilines is 1. The van der Waals surface area contributed by atoms with Crippen LogP contribution < -0.4 is 5.32 Å². The summed E-state index contributed by atoms with van der Waals surface area (Å²) in [4.78, 5) is 0. The Morgan fingerprint density at radius 3 is 2.67 bits per heavy atom. The van der Waals surface area contributed by atoms with Crippen LogP contribution in [0.3, 0.4) is 0 Å². The summed E-state index contributed by atoms with van der Waals surface area (Å²) in [6.07, 6.45) is 0. The van der Waals surface area contributed by atoms with Gasteiger partial charge in [-0.1, -0.05) is 13.8 Å². The lowest BCUT2D eigenvalue weighted by molar-refractivity contribution is 0.127. The van der Waals surface area contributed by atoms with Crippen LogP contribution >= 0.6 is 0 Å². The van der Waals surface area contributed by atoms with E-state index in [0.29, 0.717) is 30.4 Å². The number of hydrogen-bond donors (Lipinski definition) is 1. The molecule has 0 heterocycles. The molecule has 0 radical (unpaired) electrons. The SMILES string of the molecule is CCOCC(Nc1cc(F)cc(C#N)c1)C(C)C. The second-order valence-electron chi connectivity index (χ2n) is 4.49. The van der Waals surface area contributed by atoms with Crippen molar-refractivity contribution in [2.75, 3.05) is 18.5 Å².